The van der Waals surface area contributed by atoms with Crippen molar-refractivity contribution in [3.63, 3.8) is 0 Å². The Kier molecular flexibility index (Phi) is 25.9. The van der Waals surface area contributed by atoms with Crippen LogP contribution in [0.3, 0.4) is 0 Å². The summed E-state index contributed by atoms with van der Waals surface area (Å²) in [7, 11) is 0. The molecule has 0 fully saturated rings. The third-order valence-corrected chi connectivity index (χ3v) is 20.2. The molecular formula is C79H98N28O8. The molecule has 5 atom stereocenters. The molecule has 0 saturated carbocycles. The van der Waals surface area contributed by atoms with Gasteiger partial charge >= 0.3 is 0 Å². The number of hydrogen-bond donors (Lipinski definition) is 8. The number of hydrogen-bond acceptors (Lipinski definition) is 24. The molecule has 36 nitrogen and oxygen atoms in total. The summed E-state index contributed by atoms with van der Waals surface area (Å²) < 4.78 is 21.3. The maximum atomic E-state index is 9.63. The van der Waals surface area contributed by atoms with Crippen LogP contribution in [0.2, 0.25) is 0 Å². The molecule has 16 aromatic heterocycles. The van der Waals surface area contributed by atoms with Gasteiger partial charge in [0.05, 0.1) is 244 Å². The first-order chi connectivity index (χ1) is 55.9. The highest BCUT2D eigenvalue weighted by Gasteiger charge is 2.23. The average Bonchev–Trinajstić information content (AvgIpc) is 1.67. The molecule has 0 aromatic carbocycles. The van der Waals surface area contributed by atoms with E-state index in [1.54, 1.807) is 111 Å². The van der Waals surface area contributed by atoms with Gasteiger partial charge in [0.2, 0.25) is 0 Å². The molecule has 0 aliphatic rings. The van der Waals surface area contributed by atoms with E-state index in [1.807, 2.05) is 117 Å². The quantitative estimate of drug-likeness (QED) is 0.0209. The van der Waals surface area contributed by atoms with Gasteiger partial charge in [-0.2, -0.15) is 61.2 Å². The lowest BCUT2D eigenvalue weighted by Gasteiger charge is -2.14. The van der Waals surface area contributed by atoms with Crippen LogP contribution in [0.4, 0.5) is 0 Å². The SMILES string of the molecule is CC(C)C[C@H](C)n1cc(-c2nc(-c3cnn(C(CO)CO)c3)cn3nccc23)cn1.CCC[C@H](C)n1cc(-c2nc(-c3cnn(C[C@H](O)CO)c3)cn3nccc23)cn1.CC[C@@H](C)n1cc(-c2nc(-c3cnn(C(CO)CO)c3)cn3nccc23)cn1.CC[C@H](C)n1cc(-c2nc(-c3cnn(C(CO)CO)c3)cn3nccc23)cn1. The first kappa shape index (κ1) is 80.9. The number of nitrogens with zero attached hydrogens (tertiary/aromatic N) is 28. The highest BCUT2D eigenvalue weighted by molar-refractivity contribution is 5.81. The zero-order valence-electron chi connectivity index (χ0n) is 65.7. The summed E-state index contributed by atoms with van der Waals surface area (Å²) in [5.41, 5.74) is 16.4. The fourth-order valence-electron chi connectivity index (χ4n) is 13.2. The molecule has 0 unspecified atom stereocenters. The summed E-state index contributed by atoms with van der Waals surface area (Å²) in [6.07, 6.45) is 47.9. The topological polar surface area (TPSA) is 425 Å². The minimum absolute atomic E-state index is 0.191. The van der Waals surface area contributed by atoms with Crippen LogP contribution in [0.25, 0.3) is 112 Å². The summed E-state index contributed by atoms with van der Waals surface area (Å²) in [6, 6.07) is 7.52. The molecule has 36 heteroatoms. The number of aliphatic hydroxyl groups excluding tert-OH is 8. The lowest BCUT2D eigenvalue weighted by molar-refractivity contribution is 0.0783. The molecular weight excluding hydrogens is 1470 g/mol. The van der Waals surface area contributed by atoms with Gasteiger partial charge in [-0.05, 0) is 83.6 Å². The van der Waals surface area contributed by atoms with E-state index in [-0.39, 0.29) is 52.8 Å². The van der Waals surface area contributed by atoms with Gasteiger partial charge in [0.1, 0.15) is 0 Å². The molecule has 115 heavy (non-hydrogen) atoms. The second-order valence-electron chi connectivity index (χ2n) is 29.0. The maximum Gasteiger partial charge on any atom is 0.0999 e. The summed E-state index contributed by atoms with van der Waals surface area (Å²) in [5, 5.41) is 128. The highest BCUT2D eigenvalue weighted by Crippen LogP contribution is 2.34. The van der Waals surface area contributed by atoms with Gasteiger partial charge in [0, 0.05) is 118 Å². The van der Waals surface area contributed by atoms with Gasteiger partial charge in [0.15, 0.2) is 0 Å². The Morgan fingerprint density at radius 2 is 0.583 bits per heavy atom. The first-order valence-corrected chi connectivity index (χ1v) is 38.5. The number of fused-ring (bicyclic) bond motifs is 4. The monoisotopic (exact) mass is 1570 g/mol. The standard InChI is InChI=1S/C21H27N7O2.C20H25N7O2.2C19H23N7O2/c1-14(2)6-15(3)26-10-17(8-23-26)21-20-4-5-22-28(20)11-19(25-21)16-7-24-27(9-16)18(12-29)13-30;1-3-4-14(2)26-10-16(8-23-26)20-19-5-6-21-27(19)12-18(24-20)15-7-22-25(9-15)11-17(29)13-28;2*1-3-13(2)24-9-15(7-21-24)19-18-4-5-20-26(18)10-17(23-19)14-6-22-25(8-14)16(11-27)12-28/h4-5,7-11,14-15,18,29-30H,6,12-13H2,1-3H3;5-10,12,14,17,28-29H,3-4,11,13H2,1-2H3;2*4-10,13,16,27-28H,3,11-12H2,1-2H3/t15-;14-,17-;2*13-/m0010/s1. The van der Waals surface area contributed by atoms with E-state index >= 15 is 0 Å². The Bertz CT molecular complexity index is 5600. The van der Waals surface area contributed by atoms with Crippen molar-refractivity contribution in [3.05, 3.63) is 173 Å². The predicted molar refractivity (Wildman–Crippen MR) is 428 cm³/mol. The fraction of sp³-hybridized carbons (Fsp3) is 0.392. The molecule has 602 valence electrons. The zero-order valence-corrected chi connectivity index (χ0v) is 65.7. The van der Waals surface area contributed by atoms with Crippen molar-refractivity contribution in [3.8, 4) is 90.1 Å². The molecule has 0 radical (unpaired) electrons. The molecule has 16 heterocycles. The van der Waals surface area contributed by atoms with Gasteiger partial charge < -0.3 is 40.9 Å². The lowest BCUT2D eigenvalue weighted by atomic mass is 10.1. The minimum Gasteiger partial charge on any atom is -0.394 e. The summed E-state index contributed by atoms with van der Waals surface area (Å²) >= 11 is 0. The molecule has 0 bridgehead atoms. The van der Waals surface area contributed by atoms with Crippen LogP contribution in [0, 0.1) is 5.92 Å². The molecule has 0 saturated heterocycles. The van der Waals surface area contributed by atoms with Crippen LogP contribution in [0.15, 0.2) is 173 Å². The Morgan fingerprint density at radius 1 is 0.304 bits per heavy atom. The van der Waals surface area contributed by atoms with Gasteiger partial charge in [0.25, 0.3) is 0 Å². The molecule has 0 aliphatic heterocycles. The maximum absolute atomic E-state index is 9.63. The zero-order chi connectivity index (χ0) is 81.0. The van der Waals surface area contributed by atoms with Crippen LogP contribution in [-0.4, -0.2) is 230 Å². The lowest BCUT2D eigenvalue weighted by Crippen LogP contribution is -2.19. The van der Waals surface area contributed by atoms with E-state index in [1.165, 1.54) is 0 Å². The van der Waals surface area contributed by atoms with Crippen LogP contribution in [-0.2, 0) is 6.54 Å². The minimum atomic E-state index is -0.851. The highest BCUT2D eigenvalue weighted by atomic mass is 16.3. The molecule has 16 rings (SSSR count). The van der Waals surface area contributed by atoms with Gasteiger partial charge in [-0.3, -0.25) is 37.5 Å². The van der Waals surface area contributed by atoms with Crippen molar-refractivity contribution >= 4 is 22.1 Å². The smallest absolute Gasteiger partial charge is 0.0999 e. The van der Waals surface area contributed by atoms with Crippen LogP contribution in [0.5, 0.6) is 0 Å². The van der Waals surface area contributed by atoms with Crippen LogP contribution in [0.1, 0.15) is 137 Å². The number of aromatic nitrogens is 28. The Balaban J connectivity index is 0.000000134. The summed E-state index contributed by atoms with van der Waals surface area (Å²) in [5.74, 6) is 0.592. The predicted octanol–water partition coefficient (Wildman–Crippen LogP) is 8.67. The van der Waals surface area contributed by atoms with Crippen molar-refractivity contribution < 1.29 is 40.9 Å². The van der Waals surface area contributed by atoms with Crippen LogP contribution >= 0.6 is 0 Å². The number of aliphatic hydroxyl groups is 8. The fourth-order valence-corrected chi connectivity index (χ4v) is 13.2. The van der Waals surface area contributed by atoms with Crippen molar-refractivity contribution in [2.24, 2.45) is 5.92 Å². The Morgan fingerprint density at radius 3 is 0.878 bits per heavy atom. The largest absolute Gasteiger partial charge is 0.394 e. The van der Waals surface area contributed by atoms with E-state index in [9.17, 15) is 35.7 Å². The van der Waals surface area contributed by atoms with E-state index < -0.39 is 24.2 Å². The van der Waals surface area contributed by atoms with Gasteiger partial charge in [-0.15, -0.1) is 0 Å². The normalized spacial score (nSPS) is 13.2. The van der Waals surface area contributed by atoms with Gasteiger partial charge in [-0.25, -0.2) is 38.0 Å². The Labute approximate surface area is 661 Å². The van der Waals surface area contributed by atoms with Crippen molar-refractivity contribution in [1.82, 2.24) is 137 Å². The third-order valence-electron chi connectivity index (χ3n) is 20.2. The van der Waals surface area contributed by atoms with E-state index in [2.05, 4.69) is 123 Å². The number of rotatable bonds is 30. The molecule has 0 aliphatic carbocycles. The second-order valence-corrected chi connectivity index (χ2v) is 29.0. The molecule has 16 aromatic rings. The molecule has 0 spiro atoms. The van der Waals surface area contributed by atoms with E-state index in [0.717, 1.165) is 127 Å². The molecule has 8 N–H and O–H groups in total. The first-order valence-electron chi connectivity index (χ1n) is 38.5. The summed E-state index contributed by atoms with van der Waals surface area (Å²) in [4.78, 5) is 19.4. The average molecular weight is 1570 g/mol. The molecule has 0 amide bonds. The van der Waals surface area contributed by atoms with Crippen molar-refractivity contribution in [2.45, 2.75) is 149 Å². The Hall–Kier alpha value is -12.2. The van der Waals surface area contributed by atoms with E-state index in [4.69, 9.17) is 25.0 Å². The van der Waals surface area contributed by atoms with Crippen LogP contribution < -0.4 is 0 Å². The van der Waals surface area contributed by atoms with Gasteiger partial charge in [-0.1, -0.05) is 41.0 Å². The second kappa shape index (κ2) is 36.8. The van der Waals surface area contributed by atoms with E-state index in [0.29, 0.717) is 47.2 Å². The van der Waals surface area contributed by atoms with Crippen molar-refractivity contribution in [1.29, 1.82) is 0 Å². The third kappa shape index (κ3) is 18.1. The summed E-state index contributed by atoms with van der Waals surface area (Å²) in [6.45, 7) is 18.2. The van der Waals surface area contributed by atoms with Crippen molar-refractivity contribution in [2.75, 3.05) is 46.2 Å².